The standard InChI is InChI=1S/C45H76O19/c1-19(18-58-40-37(55)34(52)31(49)27(15-46)60-40)7-12-45(57)20(2)30-26(64-45)14-25-23-6-5-21-13-22(8-10-43(21,3)24(23)9-11-44(25,30)4)59-42-39(36(54)33(51)29(17-48)62-42)63-41-38(56)35(53)32(50)28(16-47)61-41/h19-42,46-57H,5-18H2,1-4H3/t19-,20-,21+,22-,23+,24-,25-,26-,27-,28+,29+,30-,31-,32+,33-,34+,35-,36-,37-,38+,39+,40-,41-,42+,43-,44-,45+/m0/s1. The molecule has 8 fully saturated rings. The van der Waals surface area contributed by atoms with Gasteiger partial charge >= 0.3 is 0 Å². The molecule has 4 heterocycles. The van der Waals surface area contributed by atoms with Gasteiger partial charge in [-0.1, -0.05) is 27.7 Å². The Morgan fingerprint density at radius 1 is 0.625 bits per heavy atom. The Morgan fingerprint density at radius 3 is 1.84 bits per heavy atom. The maximum Gasteiger partial charge on any atom is 0.187 e. The fourth-order valence-corrected chi connectivity index (χ4v) is 14.2. The third-order valence-electron chi connectivity index (χ3n) is 18.0. The number of ether oxygens (including phenoxy) is 7. The second kappa shape index (κ2) is 19.2. The maximum absolute atomic E-state index is 12.1. The monoisotopic (exact) mass is 920 g/mol. The summed E-state index contributed by atoms with van der Waals surface area (Å²) >= 11 is 0. The summed E-state index contributed by atoms with van der Waals surface area (Å²) in [5.74, 6) is 0.532. The van der Waals surface area contributed by atoms with Crippen molar-refractivity contribution in [3.05, 3.63) is 0 Å². The maximum atomic E-state index is 12.1. The van der Waals surface area contributed by atoms with Gasteiger partial charge < -0.3 is 94.4 Å². The van der Waals surface area contributed by atoms with Crippen molar-refractivity contribution in [1.29, 1.82) is 0 Å². The van der Waals surface area contributed by atoms with Crippen molar-refractivity contribution < 1.29 is 94.4 Å². The van der Waals surface area contributed by atoms with Crippen molar-refractivity contribution in [2.45, 2.75) is 202 Å². The Morgan fingerprint density at radius 2 is 1.20 bits per heavy atom. The van der Waals surface area contributed by atoms with Crippen molar-refractivity contribution in [3.8, 4) is 0 Å². The van der Waals surface area contributed by atoms with E-state index in [-0.39, 0.29) is 47.4 Å². The highest BCUT2D eigenvalue weighted by Gasteiger charge is 2.68. The van der Waals surface area contributed by atoms with Crippen LogP contribution in [-0.4, -0.2) is 198 Å². The molecule has 12 N–H and O–H groups in total. The number of rotatable bonds is 13. The number of fused-ring (bicyclic) bond motifs is 7. The molecular formula is C45H76O19. The summed E-state index contributed by atoms with van der Waals surface area (Å²) in [5, 5.41) is 125. The molecule has 27 atom stereocenters. The molecule has 4 aliphatic carbocycles. The van der Waals surface area contributed by atoms with Gasteiger partial charge in [0.1, 0.15) is 73.2 Å². The van der Waals surface area contributed by atoms with Crippen molar-refractivity contribution in [2.75, 3.05) is 26.4 Å². The highest BCUT2D eigenvalue weighted by Crippen LogP contribution is 2.71. The SMILES string of the molecule is C[C@@H](CC[C@@]1(O)O[C@H]2C[C@H]3[C@@H]4CC[C@@H]5C[C@@H](O[C@@H]6O[C@H](CO)[C@H](O)[C@H](O)[C@H]6O[C@@H]6O[C@H](CO)[C@@H](O)[C@H](O)[C@H]6O)CC[C@]5(C)[C@H]4CC[C@]3(C)[C@H]2[C@@H]1C)CO[C@H]1O[C@@H](CO)[C@H](O)[C@@H](O)[C@@H]1O. The molecule has 0 spiro atoms. The molecule has 0 aromatic heterocycles. The molecule has 4 saturated heterocycles. The molecule has 8 rings (SSSR count). The Kier molecular flexibility index (Phi) is 14.9. The minimum Gasteiger partial charge on any atom is -0.394 e. The van der Waals surface area contributed by atoms with Gasteiger partial charge in [-0.3, -0.25) is 0 Å². The highest BCUT2D eigenvalue weighted by molar-refractivity contribution is 5.15. The lowest BCUT2D eigenvalue weighted by Crippen LogP contribution is -2.65. The van der Waals surface area contributed by atoms with Crippen molar-refractivity contribution in [1.82, 2.24) is 0 Å². The van der Waals surface area contributed by atoms with Gasteiger partial charge in [-0.2, -0.15) is 0 Å². The quantitative estimate of drug-likeness (QED) is 0.0909. The third kappa shape index (κ3) is 8.65. The van der Waals surface area contributed by atoms with Crippen molar-refractivity contribution in [2.24, 2.45) is 52.3 Å². The smallest absolute Gasteiger partial charge is 0.187 e. The normalized spacial score (nSPS) is 55.6. The average molecular weight is 921 g/mol. The third-order valence-corrected chi connectivity index (χ3v) is 18.0. The zero-order valence-corrected chi connectivity index (χ0v) is 37.5. The van der Waals surface area contributed by atoms with Crippen LogP contribution >= 0.6 is 0 Å². The van der Waals surface area contributed by atoms with E-state index in [1.54, 1.807) is 0 Å². The zero-order valence-electron chi connectivity index (χ0n) is 37.5. The first-order valence-corrected chi connectivity index (χ1v) is 23.9. The van der Waals surface area contributed by atoms with Gasteiger partial charge in [-0.25, -0.2) is 0 Å². The number of aliphatic hydroxyl groups excluding tert-OH is 11. The van der Waals surface area contributed by atoms with Crippen LogP contribution in [0.1, 0.15) is 91.9 Å². The first-order chi connectivity index (χ1) is 30.3. The molecule has 0 unspecified atom stereocenters. The molecule has 64 heavy (non-hydrogen) atoms. The Balaban J connectivity index is 0.869. The topological polar surface area (TPSA) is 307 Å². The Bertz CT molecular complexity index is 1560. The molecule has 0 aromatic rings. The van der Waals surface area contributed by atoms with Gasteiger partial charge in [0.2, 0.25) is 0 Å². The molecular weight excluding hydrogens is 844 g/mol. The summed E-state index contributed by atoms with van der Waals surface area (Å²) in [4.78, 5) is 0. The Labute approximate surface area is 374 Å². The predicted molar refractivity (Wildman–Crippen MR) is 219 cm³/mol. The van der Waals surface area contributed by atoms with Crippen LogP contribution in [0.5, 0.6) is 0 Å². The lowest BCUT2D eigenvalue weighted by atomic mass is 9.44. The zero-order chi connectivity index (χ0) is 46.2. The molecule has 4 saturated carbocycles. The molecule has 19 heteroatoms. The summed E-state index contributed by atoms with van der Waals surface area (Å²) in [7, 11) is 0. The van der Waals surface area contributed by atoms with Crippen LogP contribution in [0, 0.1) is 52.3 Å². The summed E-state index contributed by atoms with van der Waals surface area (Å²) in [6.45, 7) is 7.28. The average Bonchev–Trinajstić information content (AvgIpc) is 3.71. The first-order valence-electron chi connectivity index (χ1n) is 23.9. The van der Waals surface area contributed by atoms with Crippen LogP contribution in [0.2, 0.25) is 0 Å². The number of hydrogen-bond donors (Lipinski definition) is 12. The minimum atomic E-state index is -1.75. The van der Waals surface area contributed by atoms with E-state index in [1.165, 1.54) is 0 Å². The van der Waals surface area contributed by atoms with Crippen molar-refractivity contribution in [3.63, 3.8) is 0 Å². The fourth-order valence-electron chi connectivity index (χ4n) is 14.2. The summed E-state index contributed by atoms with van der Waals surface area (Å²) in [6, 6.07) is 0. The molecule has 0 radical (unpaired) electrons. The van der Waals surface area contributed by atoms with Crippen LogP contribution in [0.3, 0.4) is 0 Å². The van der Waals surface area contributed by atoms with E-state index in [9.17, 15) is 61.3 Å². The largest absolute Gasteiger partial charge is 0.394 e. The Hall–Kier alpha value is -0.760. The second-order valence-electron chi connectivity index (χ2n) is 21.5. The van der Waals surface area contributed by atoms with Crippen LogP contribution in [-0.2, 0) is 33.2 Å². The van der Waals surface area contributed by atoms with E-state index in [2.05, 4.69) is 20.8 Å². The summed E-state index contributed by atoms with van der Waals surface area (Å²) in [5.41, 5.74) is 0.0475. The summed E-state index contributed by atoms with van der Waals surface area (Å²) < 4.78 is 42.0. The van der Waals surface area contributed by atoms with Gasteiger partial charge in [0.15, 0.2) is 24.7 Å². The highest BCUT2D eigenvalue weighted by atomic mass is 16.8. The minimum absolute atomic E-state index is 0.00000712. The van der Waals surface area contributed by atoms with Crippen molar-refractivity contribution >= 4 is 0 Å². The van der Waals surface area contributed by atoms with E-state index in [1.807, 2.05) is 6.92 Å². The van der Waals surface area contributed by atoms with E-state index >= 15 is 0 Å². The second-order valence-corrected chi connectivity index (χ2v) is 21.5. The predicted octanol–water partition coefficient (Wildman–Crippen LogP) is -1.78. The van der Waals surface area contributed by atoms with E-state index in [4.69, 9.17) is 33.2 Å². The van der Waals surface area contributed by atoms with Crippen LogP contribution in [0.15, 0.2) is 0 Å². The van der Waals surface area contributed by atoms with E-state index in [0.717, 1.165) is 44.9 Å². The number of aliphatic hydroxyl groups is 12. The summed E-state index contributed by atoms with van der Waals surface area (Å²) in [6.07, 6.45) is -13.7. The first kappa shape index (κ1) is 49.7. The molecule has 370 valence electrons. The molecule has 19 nitrogen and oxygen atoms in total. The van der Waals surface area contributed by atoms with Crippen LogP contribution in [0.25, 0.3) is 0 Å². The molecule has 8 aliphatic rings. The van der Waals surface area contributed by atoms with Gasteiger partial charge in [0.25, 0.3) is 0 Å². The van der Waals surface area contributed by atoms with Gasteiger partial charge in [0.05, 0.1) is 38.6 Å². The molecule has 0 aromatic carbocycles. The van der Waals surface area contributed by atoms with Gasteiger partial charge in [0, 0.05) is 12.3 Å². The van der Waals surface area contributed by atoms with E-state index < -0.39 is 118 Å². The van der Waals surface area contributed by atoms with E-state index in [0.29, 0.717) is 42.9 Å². The molecule has 0 amide bonds. The van der Waals surface area contributed by atoms with Gasteiger partial charge in [-0.15, -0.1) is 0 Å². The lowest BCUT2D eigenvalue weighted by Gasteiger charge is -2.61. The molecule has 0 bridgehead atoms. The van der Waals surface area contributed by atoms with Gasteiger partial charge in [-0.05, 0) is 104 Å². The lowest BCUT2D eigenvalue weighted by molar-refractivity contribution is -0.373. The van der Waals surface area contributed by atoms with Crippen LogP contribution < -0.4 is 0 Å². The van der Waals surface area contributed by atoms with Crippen LogP contribution in [0.4, 0.5) is 0 Å². The number of hydrogen-bond acceptors (Lipinski definition) is 19. The fraction of sp³-hybridized carbons (Fsp3) is 1.00. The molecule has 4 aliphatic heterocycles.